The van der Waals surface area contributed by atoms with Crippen LogP contribution < -0.4 is 0 Å². The Kier molecular flexibility index (Phi) is 5.09. The molecule has 0 aromatic rings. The molecule has 0 aliphatic carbocycles. The summed E-state index contributed by atoms with van der Waals surface area (Å²) in [4.78, 5) is 0. The van der Waals surface area contributed by atoms with Crippen LogP contribution in [0, 0.1) is 5.92 Å². The van der Waals surface area contributed by atoms with Gasteiger partial charge in [0.25, 0.3) is 0 Å². The molecule has 74 valence electrons. The van der Waals surface area contributed by atoms with Crippen molar-refractivity contribution in [2.24, 2.45) is 5.92 Å². The van der Waals surface area contributed by atoms with Crippen molar-refractivity contribution in [3.8, 4) is 0 Å². The molecule has 0 aromatic heterocycles. The molecule has 0 amide bonds. The Morgan fingerprint density at radius 3 is 2.17 bits per heavy atom. The predicted molar refractivity (Wildman–Crippen MR) is 63.9 cm³/mol. The van der Waals surface area contributed by atoms with Gasteiger partial charge in [-0.2, -0.15) is 0 Å². The number of allylic oxidation sites excluding steroid dienone is 2. The van der Waals surface area contributed by atoms with Crippen molar-refractivity contribution < 1.29 is 0 Å². The van der Waals surface area contributed by atoms with Gasteiger partial charge in [0.1, 0.15) is 0 Å². The van der Waals surface area contributed by atoms with E-state index in [-0.39, 0.29) is 0 Å². The van der Waals surface area contributed by atoms with Crippen LogP contribution in [0.15, 0.2) is 11.4 Å². The zero-order chi connectivity index (χ0) is 9.78. The quantitative estimate of drug-likeness (QED) is 0.586. The molecule has 0 fully saturated rings. The van der Waals surface area contributed by atoms with Crippen LogP contribution in [-0.4, -0.2) is 19.5 Å². The van der Waals surface area contributed by atoms with E-state index in [1.165, 1.54) is 12.6 Å². The Bertz CT molecular complexity index is 154. The molecular weight excluding hydrogens is 163 g/mol. The maximum absolute atomic E-state index is 2.48. The summed E-state index contributed by atoms with van der Waals surface area (Å²) in [5, 5.41) is 1.66. The monoisotopic (exact) mass is 188 g/mol. The molecule has 0 radical (unpaired) electrons. The fourth-order valence-corrected chi connectivity index (χ4v) is 3.71. The van der Waals surface area contributed by atoms with E-state index in [2.05, 4.69) is 47.1 Å². The van der Waals surface area contributed by atoms with E-state index >= 15 is 0 Å². The molecule has 0 unspecified atom stereocenters. The summed E-state index contributed by atoms with van der Waals surface area (Å²) in [6.07, 6.45) is 5.14. The van der Waals surface area contributed by atoms with Crippen molar-refractivity contribution in [1.29, 1.82) is 0 Å². The van der Waals surface area contributed by atoms with Gasteiger partial charge in [-0.05, 0) is 0 Å². The Morgan fingerprint density at radius 1 is 1.33 bits per heavy atom. The average Bonchev–Trinajstić information content (AvgIpc) is 1.99. The molecule has 0 rings (SSSR count). The van der Waals surface area contributed by atoms with Crippen LogP contribution in [0.2, 0.25) is 0 Å². The minimum absolute atomic E-state index is 0.862. The summed E-state index contributed by atoms with van der Waals surface area (Å²) < 4.78 is 0. The number of rotatable bonds is 4. The first-order valence-electron chi connectivity index (χ1n) is 5.03. The summed E-state index contributed by atoms with van der Waals surface area (Å²) in [7, 11) is -1.01. The van der Waals surface area contributed by atoms with Crippen LogP contribution in [0.4, 0.5) is 0 Å². The molecule has 0 spiro atoms. The van der Waals surface area contributed by atoms with Crippen LogP contribution >= 0.6 is 7.26 Å². The molecular formula is C11H25P. The first kappa shape index (κ1) is 12.2. The molecule has 0 aliphatic heterocycles. The average molecular weight is 188 g/mol. The summed E-state index contributed by atoms with van der Waals surface area (Å²) in [6, 6.07) is 0. The van der Waals surface area contributed by atoms with E-state index in [9.17, 15) is 0 Å². The second-order valence-corrected chi connectivity index (χ2v) is 9.84. The first-order chi connectivity index (χ1) is 5.40. The third-order valence-electron chi connectivity index (χ3n) is 2.85. The van der Waals surface area contributed by atoms with Crippen molar-refractivity contribution in [3.63, 3.8) is 0 Å². The molecule has 0 saturated heterocycles. The number of hydrogen-bond acceptors (Lipinski definition) is 0. The van der Waals surface area contributed by atoms with Gasteiger partial charge in [-0.1, -0.05) is 0 Å². The SMILES string of the molecule is C/C=C(\C)[PH](C)(C)CCC(C)C. The summed E-state index contributed by atoms with van der Waals surface area (Å²) >= 11 is 0. The van der Waals surface area contributed by atoms with Crippen LogP contribution in [0.25, 0.3) is 0 Å². The van der Waals surface area contributed by atoms with Crippen molar-refractivity contribution >= 4 is 7.26 Å². The van der Waals surface area contributed by atoms with Crippen molar-refractivity contribution in [2.75, 3.05) is 19.5 Å². The topological polar surface area (TPSA) is 0 Å². The van der Waals surface area contributed by atoms with Gasteiger partial charge in [-0.3, -0.25) is 0 Å². The Labute approximate surface area is 78.8 Å². The Morgan fingerprint density at radius 2 is 1.83 bits per heavy atom. The maximum atomic E-state index is 2.48. The van der Waals surface area contributed by atoms with Gasteiger partial charge in [0.2, 0.25) is 0 Å². The third-order valence-corrected chi connectivity index (χ3v) is 6.81. The van der Waals surface area contributed by atoms with E-state index in [0.717, 1.165) is 5.92 Å². The van der Waals surface area contributed by atoms with Gasteiger partial charge in [0.05, 0.1) is 0 Å². The summed E-state index contributed by atoms with van der Waals surface area (Å²) in [5.41, 5.74) is 0. The fraction of sp³-hybridized carbons (Fsp3) is 0.818. The normalized spacial score (nSPS) is 15.4. The van der Waals surface area contributed by atoms with E-state index in [4.69, 9.17) is 0 Å². The standard InChI is InChI=1S/C11H25P/c1-7-11(4)12(5,6)9-8-10(2)3/h7,10,12H,8-9H2,1-6H3/b11-7+. The Balaban J connectivity index is 4.04. The van der Waals surface area contributed by atoms with Gasteiger partial charge in [-0.25, -0.2) is 0 Å². The minimum atomic E-state index is -1.01. The third kappa shape index (κ3) is 4.26. The molecule has 0 aromatic carbocycles. The molecule has 0 nitrogen and oxygen atoms in total. The molecule has 0 atom stereocenters. The fourth-order valence-electron chi connectivity index (χ4n) is 1.24. The summed E-state index contributed by atoms with van der Waals surface area (Å²) in [6.45, 7) is 14.0. The molecule has 0 heterocycles. The van der Waals surface area contributed by atoms with Crippen LogP contribution in [0.5, 0.6) is 0 Å². The second kappa shape index (κ2) is 5.02. The van der Waals surface area contributed by atoms with Crippen molar-refractivity contribution in [2.45, 2.75) is 34.1 Å². The predicted octanol–water partition coefficient (Wildman–Crippen LogP) is 3.97. The Hall–Kier alpha value is 0.170. The number of hydrogen-bond donors (Lipinski definition) is 0. The molecule has 1 heteroatoms. The van der Waals surface area contributed by atoms with Crippen molar-refractivity contribution in [3.05, 3.63) is 11.4 Å². The van der Waals surface area contributed by atoms with E-state index in [1.54, 1.807) is 5.31 Å². The molecule has 0 saturated carbocycles. The van der Waals surface area contributed by atoms with Gasteiger partial charge >= 0.3 is 78.2 Å². The van der Waals surface area contributed by atoms with Crippen LogP contribution in [0.1, 0.15) is 34.1 Å². The van der Waals surface area contributed by atoms with Crippen LogP contribution in [-0.2, 0) is 0 Å². The van der Waals surface area contributed by atoms with Gasteiger partial charge in [0, 0.05) is 0 Å². The van der Waals surface area contributed by atoms with Gasteiger partial charge in [-0.15, -0.1) is 0 Å². The first-order valence-corrected chi connectivity index (χ1v) is 8.24. The van der Waals surface area contributed by atoms with Gasteiger partial charge in [0.15, 0.2) is 0 Å². The molecule has 0 bridgehead atoms. The second-order valence-electron chi connectivity index (χ2n) is 4.79. The zero-order valence-electron chi connectivity index (χ0n) is 9.57. The van der Waals surface area contributed by atoms with Crippen molar-refractivity contribution in [1.82, 2.24) is 0 Å². The molecule has 0 aliphatic rings. The molecule has 12 heavy (non-hydrogen) atoms. The van der Waals surface area contributed by atoms with E-state index < -0.39 is 7.26 Å². The van der Waals surface area contributed by atoms with Crippen LogP contribution in [0.3, 0.4) is 0 Å². The van der Waals surface area contributed by atoms with E-state index in [0.29, 0.717) is 0 Å². The summed E-state index contributed by atoms with van der Waals surface area (Å²) in [5.74, 6) is 0.862. The van der Waals surface area contributed by atoms with Gasteiger partial charge < -0.3 is 0 Å². The molecule has 0 N–H and O–H groups in total. The zero-order valence-corrected chi connectivity index (χ0v) is 10.6. The van der Waals surface area contributed by atoms with E-state index in [1.807, 2.05) is 0 Å².